The number of fused-ring (bicyclic) bond motifs is 4. The third-order valence-electron chi connectivity index (χ3n) is 8.72. The van der Waals surface area contributed by atoms with Gasteiger partial charge < -0.3 is 4.74 Å². The number of hydrogen-bond donors (Lipinski definition) is 0. The summed E-state index contributed by atoms with van der Waals surface area (Å²) in [6.45, 7) is 6.81. The fourth-order valence-electron chi connectivity index (χ4n) is 7.29. The molecule has 2 nitrogen and oxygen atoms in total. The van der Waals surface area contributed by atoms with Crippen LogP contribution in [-0.4, -0.2) is 11.6 Å². The molecule has 0 aromatic heterocycles. The van der Waals surface area contributed by atoms with E-state index in [1.54, 1.807) is 5.57 Å². The van der Waals surface area contributed by atoms with E-state index >= 15 is 0 Å². The van der Waals surface area contributed by atoms with Crippen LogP contribution < -0.4 is 0 Å². The van der Waals surface area contributed by atoms with Gasteiger partial charge in [0.1, 0.15) is 5.60 Å². The number of allylic oxidation sites excluding steroid dienone is 4. The van der Waals surface area contributed by atoms with E-state index in [9.17, 15) is 4.79 Å². The largest absolute Gasteiger partial charge is 0.458 e. The second-order valence-corrected chi connectivity index (χ2v) is 10.4. The Bertz CT molecular complexity index is 659. The second kappa shape index (κ2) is 5.97. The first-order valence-electron chi connectivity index (χ1n) is 11.1. The van der Waals surface area contributed by atoms with Gasteiger partial charge in [-0.1, -0.05) is 44.6 Å². The summed E-state index contributed by atoms with van der Waals surface area (Å²) in [5.41, 5.74) is 1.48. The number of ether oxygens (including phenoxy) is 1. The van der Waals surface area contributed by atoms with Crippen molar-refractivity contribution in [2.24, 2.45) is 47.3 Å². The predicted molar refractivity (Wildman–Crippen MR) is 103 cm³/mol. The molecule has 3 saturated carbocycles. The van der Waals surface area contributed by atoms with Crippen LogP contribution in [0.3, 0.4) is 0 Å². The molecule has 0 amide bonds. The summed E-state index contributed by atoms with van der Waals surface area (Å²) in [6.07, 6.45) is 15.8. The van der Waals surface area contributed by atoms with E-state index in [2.05, 4.69) is 39.0 Å². The smallest absolute Gasteiger partial charge is 0.309 e. The highest BCUT2D eigenvalue weighted by Crippen LogP contribution is 2.56. The molecule has 26 heavy (non-hydrogen) atoms. The molecule has 5 rings (SSSR count). The standard InChI is InChI=1S/C24H34O2/c1-14(2)24(13-17-5-7-20(24)10-17)26-23(25)21-12-19(8-15(21)3)22-11-16-4-6-18(22)9-16/h4,6,11,14-21H,5,7-10,12-13H2,1-3H3. The zero-order valence-corrected chi connectivity index (χ0v) is 16.6. The highest BCUT2D eigenvalue weighted by atomic mass is 16.6. The molecular formula is C24H34O2. The Morgan fingerprint density at radius 3 is 2.58 bits per heavy atom. The quantitative estimate of drug-likeness (QED) is 0.489. The molecule has 0 saturated heterocycles. The van der Waals surface area contributed by atoms with Gasteiger partial charge in [-0.15, -0.1) is 0 Å². The summed E-state index contributed by atoms with van der Waals surface area (Å²) in [5.74, 6) is 4.50. The van der Waals surface area contributed by atoms with Crippen molar-refractivity contribution in [1.82, 2.24) is 0 Å². The van der Waals surface area contributed by atoms with Crippen LogP contribution in [0.2, 0.25) is 0 Å². The van der Waals surface area contributed by atoms with Gasteiger partial charge in [0.05, 0.1) is 5.92 Å². The lowest BCUT2D eigenvalue weighted by molar-refractivity contribution is -0.179. The maximum atomic E-state index is 13.3. The minimum Gasteiger partial charge on any atom is -0.458 e. The normalized spacial score (nSPS) is 48.6. The minimum atomic E-state index is -0.160. The van der Waals surface area contributed by atoms with Gasteiger partial charge in [0.15, 0.2) is 0 Å². The van der Waals surface area contributed by atoms with Crippen LogP contribution in [-0.2, 0) is 9.53 Å². The molecule has 0 aromatic rings. The van der Waals surface area contributed by atoms with Crippen molar-refractivity contribution in [2.45, 2.75) is 71.3 Å². The van der Waals surface area contributed by atoms with E-state index in [1.165, 1.54) is 32.1 Å². The zero-order chi connectivity index (χ0) is 18.1. The minimum absolute atomic E-state index is 0.110. The molecule has 3 fully saturated rings. The summed E-state index contributed by atoms with van der Waals surface area (Å²) in [6, 6.07) is 0. The van der Waals surface area contributed by atoms with Gasteiger partial charge >= 0.3 is 5.97 Å². The van der Waals surface area contributed by atoms with E-state index in [4.69, 9.17) is 4.74 Å². The molecule has 2 heteroatoms. The van der Waals surface area contributed by atoms with Crippen molar-refractivity contribution in [3.8, 4) is 0 Å². The second-order valence-electron chi connectivity index (χ2n) is 10.4. The lowest BCUT2D eigenvalue weighted by atomic mass is 9.76. The van der Waals surface area contributed by atoms with Crippen molar-refractivity contribution in [3.05, 3.63) is 23.8 Å². The van der Waals surface area contributed by atoms with Crippen molar-refractivity contribution < 1.29 is 9.53 Å². The van der Waals surface area contributed by atoms with Crippen molar-refractivity contribution in [2.75, 3.05) is 0 Å². The number of esters is 1. The van der Waals surface area contributed by atoms with Crippen LogP contribution in [0.25, 0.3) is 0 Å². The molecular weight excluding hydrogens is 320 g/mol. The molecule has 0 aliphatic heterocycles. The molecule has 4 bridgehead atoms. The van der Waals surface area contributed by atoms with Crippen LogP contribution in [0, 0.1) is 47.3 Å². The maximum absolute atomic E-state index is 13.3. The van der Waals surface area contributed by atoms with Crippen LogP contribution in [0.15, 0.2) is 23.8 Å². The van der Waals surface area contributed by atoms with Gasteiger partial charge in [-0.2, -0.15) is 0 Å². The van der Waals surface area contributed by atoms with Crippen LogP contribution in [0.5, 0.6) is 0 Å². The lowest BCUT2D eigenvalue weighted by Gasteiger charge is -2.41. The molecule has 8 unspecified atom stereocenters. The number of rotatable bonds is 4. The van der Waals surface area contributed by atoms with Gasteiger partial charge in [-0.05, 0) is 86.4 Å². The number of carbonyl (C=O) groups is 1. The summed E-state index contributed by atoms with van der Waals surface area (Å²) >= 11 is 0. The fourth-order valence-corrected chi connectivity index (χ4v) is 7.29. The molecule has 5 aliphatic carbocycles. The van der Waals surface area contributed by atoms with Gasteiger partial charge in [0, 0.05) is 0 Å². The Kier molecular flexibility index (Phi) is 3.92. The summed E-state index contributed by atoms with van der Waals surface area (Å²) in [7, 11) is 0. The topological polar surface area (TPSA) is 26.3 Å². The Hall–Kier alpha value is -1.05. The third-order valence-corrected chi connectivity index (χ3v) is 8.72. The Morgan fingerprint density at radius 1 is 1.15 bits per heavy atom. The third kappa shape index (κ3) is 2.47. The monoisotopic (exact) mass is 354 g/mol. The molecule has 5 aliphatic rings. The SMILES string of the molecule is CC1CC(C2=CC3C=CC2C3)CC1C(=O)OC1(C(C)C)CC2CCC1C2. The summed E-state index contributed by atoms with van der Waals surface area (Å²) < 4.78 is 6.45. The Morgan fingerprint density at radius 2 is 2.00 bits per heavy atom. The van der Waals surface area contributed by atoms with Gasteiger partial charge in [-0.25, -0.2) is 0 Å². The van der Waals surface area contributed by atoms with Gasteiger partial charge in [0.25, 0.3) is 0 Å². The molecule has 0 radical (unpaired) electrons. The predicted octanol–water partition coefficient (Wildman–Crippen LogP) is 5.54. The molecule has 0 N–H and O–H groups in total. The average Bonchev–Trinajstić information content (AvgIpc) is 3.40. The average molecular weight is 355 g/mol. The first kappa shape index (κ1) is 17.1. The number of hydrogen-bond acceptors (Lipinski definition) is 2. The first-order valence-corrected chi connectivity index (χ1v) is 11.1. The zero-order valence-electron chi connectivity index (χ0n) is 16.6. The number of carbonyl (C=O) groups excluding carboxylic acids is 1. The molecule has 0 aromatic carbocycles. The van der Waals surface area contributed by atoms with E-state index in [0.717, 1.165) is 18.8 Å². The van der Waals surface area contributed by atoms with Crippen molar-refractivity contribution >= 4 is 5.97 Å². The summed E-state index contributed by atoms with van der Waals surface area (Å²) in [5, 5.41) is 0. The lowest BCUT2D eigenvalue weighted by Crippen LogP contribution is -2.46. The summed E-state index contributed by atoms with van der Waals surface area (Å²) in [4.78, 5) is 13.3. The Balaban J connectivity index is 1.29. The molecule has 0 heterocycles. The van der Waals surface area contributed by atoms with Crippen LogP contribution in [0.4, 0.5) is 0 Å². The highest BCUT2D eigenvalue weighted by molar-refractivity contribution is 5.74. The van der Waals surface area contributed by atoms with Gasteiger partial charge in [0.2, 0.25) is 0 Å². The van der Waals surface area contributed by atoms with E-state index in [0.29, 0.717) is 35.5 Å². The fraction of sp³-hybridized carbons (Fsp3) is 0.792. The van der Waals surface area contributed by atoms with Crippen LogP contribution >= 0.6 is 0 Å². The maximum Gasteiger partial charge on any atom is 0.309 e. The van der Waals surface area contributed by atoms with Crippen LogP contribution in [0.1, 0.15) is 65.7 Å². The first-order chi connectivity index (χ1) is 12.5. The van der Waals surface area contributed by atoms with E-state index < -0.39 is 0 Å². The van der Waals surface area contributed by atoms with Gasteiger partial charge in [-0.3, -0.25) is 4.79 Å². The molecule has 0 spiro atoms. The molecule has 8 atom stereocenters. The van der Waals surface area contributed by atoms with Crippen molar-refractivity contribution in [1.29, 1.82) is 0 Å². The Labute approximate surface area is 158 Å². The van der Waals surface area contributed by atoms with E-state index in [-0.39, 0.29) is 17.5 Å². The molecule has 142 valence electrons. The van der Waals surface area contributed by atoms with Crippen molar-refractivity contribution in [3.63, 3.8) is 0 Å². The highest BCUT2D eigenvalue weighted by Gasteiger charge is 2.56. The van der Waals surface area contributed by atoms with E-state index in [1.807, 2.05) is 0 Å².